The number of carbonyl (C=O) groups is 2. The van der Waals surface area contributed by atoms with Gasteiger partial charge in [-0.05, 0) is 37.1 Å². The first kappa shape index (κ1) is 14.2. The van der Waals surface area contributed by atoms with Crippen molar-refractivity contribution in [3.63, 3.8) is 0 Å². The van der Waals surface area contributed by atoms with E-state index in [1.807, 2.05) is 4.90 Å². The molecule has 0 atom stereocenters. The van der Waals surface area contributed by atoms with Gasteiger partial charge in [-0.25, -0.2) is 4.39 Å². The number of benzene rings is 1. The molecule has 0 unspecified atom stereocenters. The lowest BCUT2D eigenvalue weighted by molar-refractivity contribution is -0.134. The van der Waals surface area contributed by atoms with E-state index in [1.54, 1.807) is 17.0 Å². The lowest BCUT2D eigenvalue weighted by Crippen LogP contribution is -2.51. The molecule has 1 aromatic carbocycles. The highest BCUT2D eigenvalue weighted by Crippen LogP contribution is 2.31. The maximum atomic E-state index is 13.2. The highest BCUT2D eigenvalue weighted by molar-refractivity contribution is 5.98. The molecule has 0 radical (unpaired) electrons. The molecule has 6 heteroatoms. The number of hydrogen-bond donors (Lipinski definition) is 1. The third-order valence-corrected chi connectivity index (χ3v) is 4.62. The second kappa shape index (κ2) is 5.37. The van der Waals surface area contributed by atoms with Gasteiger partial charge in [0.1, 0.15) is 11.5 Å². The third kappa shape index (κ3) is 2.69. The molecule has 1 aromatic heterocycles. The number of aromatic amines is 1. The van der Waals surface area contributed by atoms with Gasteiger partial charge in [0, 0.05) is 43.0 Å². The Hall–Kier alpha value is -2.37. The maximum Gasteiger partial charge on any atom is 0.270 e. The summed E-state index contributed by atoms with van der Waals surface area (Å²) in [7, 11) is 0. The minimum atomic E-state index is -0.317. The van der Waals surface area contributed by atoms with E-state index in [4.69, 9.17) is 0 Å². The molecular formula is C17H18FN3O2. The molecule has 2 amide bonds. The van der Waals surface area contributed by atoms with Crippen molar-refractivity contribution in [2.45, 2.75) is 12.8 Å². The van der Waals surface area contributed by atoms with Gasteiger partial charge < -0.3 is 14.8 Å². The highest BCUT2D eigenvalue weighted by Gasteiger charge is 2.35. The second-order valence-electron chi connectivity index (χ2n) is 6.31. The minimum Gasteiger partial charge on any atom is -0.351 e. The topological polar surface area (TPSA) is 56.4 Å². The molecule has 4 rings (SSSR count). The Morgan fingerprint density at radius 2 is 1.74 bits per heavy atom. The lowest BCUT2D eigenvalue weighted by Gasteiger charge is -2.34. The number of amides is 2. The van der Waals surface area contributed by atoms with E-state index >= 15 is 0 Å². The molecule has 0 spiro atoms. The molecule has 0 bridgehead atoms. The molecule has 1 N–H and O–H groups in total. The predicted molar refractivity (Wildman–Crippen MR) is 83.5 cm³/mol. The molecule has 23 heavy (non-hydrogen) atoms. The van der Waals surface area contributed by atoms with Crippen LogP contribution in [-0.2, 0) is 4.79 Å². The van der Waals surface area contributed by atoms with Gasteiger partial charge in [-0.1, -0.05) is 0 Å². The first-order valence-electron chi connectivity index (χ1n) is 7.98. The Morgan fingerprint density at radius 1 is 1.04 bits per heavy atom. The van der Waals surface area contributed by atoms with Crippen LogP contribution in [-0.4, -0.2) is 52.8 Å². The van der Waals surface area contributed by atoms with Crippen molar-refractivity contribution < 1.29 is 14.0 Å². The van der Waals surface area contributed by atoms with E-state index in [0.29, 0.717) is 37.3 Å². The molecule has 1 saturated carbocycles. The zero-order valence-electron chi connectivity index (χ0n) is 12.7. The minimum absolute atomic E-state index is 0.0971. The van der Waals surface area contributed by atoms with E-state index in [9.17, 15) is 14.0 Å². The second-order valence-corrected chi connectivity index (χ2v) is 6.31. The predicted octanol–water partition coefficient (Wildman–Crippen LogP) is 2.00. The summed E-state index contributed by atoms with van der Waals surface area (Å²) in [5.74, 6) is 0.0434. The van der Waals surface area contributed by atoms with Crippen LogP contribution in [0.25, 0.3) is 10.9 Å². The number of nitrogens with zero attached hydrogens (tertiary/aromatic N) is 2. The van der Waals surface area contributed by atoms with Crippen molar-refractivity contribution in [2.75, 3.05) is 26.2 Å². The number of aromatic nitrogens is 1. The van der Waals surface area contributed by atoms with Crippen molar-refractivity contribution >= 4 is 22.7 Å². The van der Waals surface area contributed by atoms with Crippen LogP contribution < -0.4 is 0 Å². The average molecular weight is 315 g/mol. The molecule has 1 aliphatic heterocycles. The number of halogens is 1. The molecule has 2 heterocycles. The molecule has 2 aliphatic rings. The number of hydrogen-bond acceptors (Lipinski definition) is 2. The van der Waals surface area contributed by atoms with Crippen LogP contribution in [0.3, 0.4) is 0 Å². The summed E-state index contributed by atoms with van der Waals surface area (Å²) < 4.78 is 13.2. The smallest absolute Gasteiger partial charge is 0.270 e. The Balaban J connectivity index is 1.45. The van der Waals surface area contributed by atoms with E-state index in [0.717, 1.165) is 18.4 Å². The number of H-pyrrole nitrogens is 1. The van der Waals surface area contributed by atoms with E-state index in [2.05, 4.69) is 4.98 Å². The fraction of sp³-hybridized carbons (Fsp3) is 0.412. The first-order valence-corrected chi connectivity index (χ1v) is 7.98. The van der Waals surface area contributed by atoms with Gasteiger partial charge >= 0.3 is 0 Å². The van der Waals surface area contributed by atoms with Gasteiger partial charge in [-0.15, -0.1) is 0 Å². The molecule has 2 fully saturated rings. The number of rotatable bonds is 2. The van der Waals surface area contributed by atoms with Gasteiger partial charge in [-0.2, -0.15) is 0 Å². The Morgan fingerprint density at radius 3 is 2.43 bits per heavy atom. The van der Waals surface area contributed by atoms with Gasteiger partial charge in [-0.3, -0.25) is 9.59 Å². The highest BCUT2D eigenvalue weighted by atomic mass is 19.1. The Labute approximate surface area is 133 Å². The van der Waals surface area contributed by atoms with Crippen LogP contribution in [0.2, 0.25) is 0 Å². The SMILES string of the molecule is O=C(c1cc2cc(F)ccc2[nH]1)N1CCN(C(=O)C2CC2)CC1. The average Bonchev–Trinajstić information content (AvgIpc) is 3.33. The number of fused-ring (bicyclic) bond motifs is 1. The molecule has 120 valence electrons. The third-order valence-electron chi connectivity index (χ3n) is 4.62. The zero-order valence-corrected chi connectivity index (χ0v) is 12.7. The summed E-state index contributed by atoms with van der Waals surface area (Å²) in [4.78, 5) is 31.3. The monoisotopic (exact) mass is 315 g/mol. The standard InChI is InChI=1S/C17H18FN3O2/c18-13-3-4-14-12(9-13)10-15(19-14)17(23)21-7-5-20(6-8-21)16(22)11-1-2-11/h3-4,9-11,19H,1-2,5-8H2. The molecule has 1 aliphatic carbocycles. The van der Waals surface area contributed by atoms with Crippen molar-refractivity contribution in [1.29, 1.82) is 0 Å². The van der Waals surface area contributed by atoms with Crippen LogP contribution in [0.15, 0.2) is 24.3 Å². The van der Waals surface area contributed by atoms with Crippen LogP contribution in [0.1, 0.15) is 23.3 Å². The fourth-order valence-corrected chi connectivity index (χ4v) is 3.11. The van der Waals surface area contributed by atoms with E-state index < -0.39 is 0 Å². The van der Waals surface area contributed by atoms with Gasteiger partial charge in [0.05, 0.1) is 0 Å². The Kier molecular flexibility index (Phi) is 3.32. The molecular weight excluding hydrogens is 297 g/mol. The van der Waals surface area contributed by atoms with Crippen LogP contribution in [0.5, 0.6) is 0 Å². The van der Waals surface area contributed by atoms with E-state index in [1.165, 1.54) is 12.1 Å². The Bertz CT molecular complexity index is 773. The van der Waals surface area contributed by atoms with Gasteiger partial charge in [0.25, 0.3) is 5.91 Å². The van der Waals surface area contributed by atoms with Crippen molar-refractivity contribution in [3.8, 4) is 0 Å². The number of piperazine rings is 1. The van der Waals surface area contributed by atoms with E-state index in [-0.39, 0.29) is 23.5 Å². The molecule has 1 saturated heterocycles. The summed E-state index contributed by atoms with van der Waals surface area (Å²) in [5.41, 5.74) is 1.21. The fourth-order valence-electron chi connectivity index (χ4n) is 3.11. The largest absolute Gasteiger partial charge is 0.351 e. The maximum absolute atomic E-state index is 13.2. The summed E-state index contributed by atoms with van der Waals surface area (Å²) in [6, 6.07) is 6.10. The summed E-state index contributed by atoms with van der Waals surface area (Å²) in [6.45, 7) is 2.27. The summed E-state index contributed by atoms with van der Waals surface area (Å²) in [5, 5.41) is 0.691. The van der Waals surface area contributed by atoms with Crippen molar-refractivity contribution in [3.05, 3.63) is 35.8 Å². The lowest BCUT2D eigenvalue weighted by atomic mass is 10.2. The van der Waals surface area contributed by atoms with Crippen LogP contribution >= 0.6 is 0 Å². The van der Waals surface area contributed by atoms with Gasteiger partial charge in [0.2, 0.25) is 5.91 Å². The first-order chi connectivity index (χ1) is 11.1. The van der Waals surface area contributed by atoms with Crippen molar-refractivity contribution in [1.82, 2.24) is 14.8 Å². The molecule has 5 nitrogen and oxygen atoms in total. The normalized spacial score (nSPS) is 18.5. The zero-order chi connectivity index (χ0) is 16.0. The molecule has 2 aromatic rings. The summed E-state index contributed by atoms with van der Waals surface area (Å²) >= 11 is 0. The van der Waals surface area contributed by atoms with Crippen LogP contribution in [0.4, 0.5) is 4.39 Å². The van der Waals surface area contributed by atoms with Gasteiger partial charge in [0.15, 0.2) is 0 Å². The summed E-state index contributed by atoms with van der Waals surface area (Å²) in [6.07, 6.45) is 2.01. The number of carbonyl (C=O) groups excluding carboxylic acids is 2. The van der Waals surface area contributed by atoms with Crippen molar-refractivity contribution in [2.24, 2.45) is 5.92 Å². The number of nitrogens with one attached hydrogen (secondary N) is 1. The van der Waals surface area contributed by atoms with Crippen LogP contribution in [0, 0.1) is 11.7 Å². The quantitative estimate of drug-likeness (QED) is 0.921.